The van der Waals surface area contributed by atoms with Gasteiger partial charge in [0.05, 0.1) is 23.5 Å². The van der Waals surface area contributed by atoms with E-state index in [4.69, 9.17) is 10.2 Å². The maximum absolute atomic E-state index is 11.9. The first-order chi connectivity index (χ1) is 8.86. The fourth-order valence-electron chi connectivity index (χ4n) is 1.82. The van der Waals surface area contributed by atoms with Crippen molar-refractivity contribution in [3.63, 3.8) is 0 Å². The molecule has 1 fully saturated rings. The van der Waals surface area contributed by atoms with Crippen molar-refractivity contribution in [1.29, 1.82) is 0 Å². The van der Waals surface area contributed by atoms with Crippen molar-refractivity contribution >= 4 is 16.0 Å². The van der Waals surface area contributed by atoms with Crippen LogP contribution >= 0.6 is 0 Å². The Labute approximate surface area is 111 Å². The zero-order valence-electron chi connectivity index (χ0n) is 10.2. The highest BCUT2D eigenvalue weighted by molar-refractivity contribution is 7.88. The maximum Gasteiger partial charge on any atom is 0.335 e. The molecule has 7 heteroatoms. The van der Waals surface area contributed by atoms with E-state index >= 15 is 0 Å². The normalized spacial score (nSPS) is 17.1. The zero-order valence-corrected chi connectivity index (χ0v) is 11.0. The summed E-state index contributed by atoms with van der Waals surface area (Å²) in [6.45, 7) is -0.221. The molecule has 0 aliphatic heterocycles. The number of sulfonamides is 1. The molecule has 1 aliphatic rings. The second-order valence-electron chi connectivity index (χ2n) is 4.81. The quantitative estimate of drug-likeness (QED) is 0.698. The molecule has 1 aliphatic carbocycles. The molecular weight excluding hydrogens is 270 g/mol. The van der Waals surface area contributed by atoms with Crippen molar-refractivity contribution in [3.05, 3.63) is 35.4 Å². The van der Waals surface area contributed by atoms with Crippen LogP contribution in [-0.2, 0) is 15.8 Å². The molecule has 3 N–H and O–H groups in total. The summed E-state index contributed by atoms with van der Waals surface area (Å²) in [6.07, 6.45) is 1.25. The molecule has 0 spiro atoms. The number of carboxylic acid groups (broad SMARTS) is 1. The standard InChI is InChI=1S/C12H15NO5S/c14-8-12(4-5-12)13-19(17,18)7-9-2-1-3-10(6-9)11(15)16/h1-3,6,13-14H,4-5,7-8H2,(H,15,16). The molecule has 2 rings (SSSR count). The van der Waals surface area contributed by atoms with Crippen LogP contribution in [0.1, 0.15) is 28.8 Å². The molecule has 1 saturated carbocycles. The Morgan fingerprint density at radius 3 is 2.58 bits per heavy atom. The Morgan fingerprint density at radius 1 is 1.37 bits per heavy atom. The SMILES string of the molecule is O=C(O)c1cccc(CS(=O)(=O)NC2(CO)CC2)c1. The lowest BCUT2D eigenvalue weighted by Gasteiger charge is -2.14. The number of carbonyl (C=O) groups is 1. The Kier molecular flexibility index (Phi) is 3.62. The molecule has 0 unspecified atom stereocenters. The highest BCUT2D eigenvalue weighted by Crippen LogP contribution is 2.35. The summed E-state index contributed by atoms with van der Waals surface area (Å²) in [4.78, 5) is 10.8. The van der Waals surface area contributed by atoms with Crippen molar-refractivity contribution in [2.45, 2.75) is 24.1 Å². The smallest absolute Gasteiger partial charge is 0.335 e. The van der Waals surface area contributed by atoms with Crippen molar-refractivity contribution in [1.82, 2.24) is 4.72 Å². The van der Waals surface area contributed by atoms with E-state index in [-0.39, 0.29) is 17.9 Å². The highest BCUT2D eigenvalue weighted by Gasteiger charge is 2.45. The number of aliphatic hydroxyl groups is 1. The van der Waals surface area contributed by atoms with E-state index in [9.17, 15) is 13.2 Å². The van der Waals surface area contributed by atoms with Gasteiger partial charge in [-0.3, -0.25) is 0 Å². The minimum atomic E-state index is -3.59. The Morgan fingerprint density at radius 2 is 2.05 bits per heavy atom. The summed E-state index contributed by atoms with van der Waals surface area (Å²) in [5.74, 6) is -1.39. The van der Waals surface area contributed by atoms with Crippen LogP contribution in [0, 0.1) is 0 Å². The number of carboxylic acids is 1. The molecule has 19 heavy (non-hydrogen) atoms. The third-order valence-electron chi connectivity index (χ3n) is 3.06. The number of nitrogens with one attached hydrogen (secondary N) is 1. The number of hydrogen-bond donors (Lipinski definition) is 3. The maximum atomic E-state index is 11.9. The molecule has 0 aromatic heterocycles. The van der Waals surface area contributed by atoms with E-state index in [2.05, 4.69) is 4.72 Å². The summed E-state index contributed by atoms with van der Waals surface area (Å²) >= 11 is 0. The van der Waals surface area contributed by atoms with Crippen LogP contribution in [0.3, 0.4) is 0 Å². The molecule has 6 nitrogen and oxygen atoms in total. The fraction of sp³-hybridized carbons (Fsp3) is 0.417. The van der Waals surface area contributed by atoms with Gasteiger partial charge in [-0.1, -0.05) is 12.1 Å². The molecule has 0 radical (unpaired) electrons. The van der Waals surface area contributed by atoms with Gasteiger partial charge in [-0.25, -0.2) is 17.9 Å². The predicted molar refractivity (Wildman–Crippen MR) is 68.2 cm³/mol. The van der Waals surface area contributed by atoms with Gasteiger partial charge in [0.2, 0.25) is 10.0 Å². The van der Waals surface area contributed by atoms with E-state index in [1.54, 1.807) is 6.07 Å². The van der Waals surface area contributed by atoms with Crippen molar-refractivity contribution in [2.24, 2.45) is 0 Å². The van der Waals surface area contributed by atoms with Gasteiger partial charge in [0.1, 0.15) is 0 Å². The first kappa shape index (κ1) is 14.0. The van der Waals surface area contributed by atoms with Crippen molar-refractivity contribution in [2.75, 3.05) is 6.61 Å². The highest BCUT2D eigenvalue weighted by atomic mass is 32.2. The first-order valence-electron chi connectivity index (χ1n) is 5.81. The molecule has 0 amide bonds. The minimum Gasteiger partial charge on any atom is -0.478 e. The second kappa shape index (κ2) is 4.92. The predicted octanol–water partition coefficient (Wildman–Crippen LogP) is 0.329. The second-order valence-corrected chi connectivity index (χ2v) is 6.53. The van der Waals surface area contributed by atoms with Crippen LogP contribution in [0.2, 0.25) is 0 Å². The van der Waals surface area contributed by atoms with E-state index in [1.807, 2.05) is 0 Å². The number of rotatable bonds is 6. The lowest BCUT2D eigenvalue weighted by molar-refractivity contribution is 0.0696. The number of aliphatic hydroxyl groups excluding tert-OH is 1. The van der Waals surface area contributed by atoms with Crippen LogP contribution in [0.15, 0.2) is 24.3 Å². The molecule has 0 heterocycles. The minimum absolute atomic E-state index is 0.0518. The third-order valence-corrected chi connectivity index (χ3v) is 4.52. The number of hydrogen-bond acceptors (Lipinski definition) is 4. The Bertz CT molecular complexity index is 592. The zero-order chi connectivity index (χ0) is 14.1. The van der Waals surface area contributed by atoms with Crippen LogP contribution in [0.4, 0.5) is 0 Å². The largest absolute Gasteiger partial charge is 0.478 e. The van der Waals surface area contributed by atoms with Gasteiger partial charge in [-0.15, -0.1) is 0 Å². The van der Waals surface area contributed by atoms with Gasteiger partial charge in [0.15, 0.2) is 0 Å². The summed E-state index contributed by atoms with van der Waals surface area (Å²) < 4.78 is 26.3. The summed E-state index contributed by atoms with van der Waals surface area (Å²) in [7, 11) is -3.59. The molecular formula is C12H15NO5S. The van der Waals surface area contributed by atoms with Crippen LogP contribution in [-0.4, -0.2) is 36.7 Å². The molecule has 0 atom stereocenters. The first-order valence-corrected chi connectivity index (χ1v) is 7.46. The van der Waals surface area contributed by atoms with Gasteiger partial charge in [-0.2, -0.15) is 0 Å². The monoisotopic (exact) mass is 285 g/mol. The van der Waals surface area contributed by atoms with Gasteiger partial charge in [0.25, 0.3) is 0 Å². The van der Waals surface area contributed by atoms with Gasteiger partial charge >= 0.3 is 5.97 Å². The summed E-state index contributed by atoms with van der Waals surface area (Å²) in [5, 5.41) is 17.9. The lowest BCUT2D eigenvalue weighted by Crippen LogP contribution is -2.40. The summed E-state index contributed by atoms with van der Waals surface area (Å²) in [6, 6.07) is 5.81. The molecule has 1 aromatic rings. The fourth-order valence-corrected chi connectivity index (χ4v) is 3.44. The Balaban J connectivity index is 2.12. The number of aromatic carboxylic acids is 1. The van der Waals surface area contributed by atoms with E-state index < -0.39 is 21.5 Å². The van der Waals surface area contributed by atoms with E-state index in [0.29, 0.717) is 18.4 Å². The average Bonchev–Trinajstić information content (AvgIpc) is 3.08. The van der Waals surface area contributed by atoms with Crippen molar-refractivity contribution < 1.29 is 23.4 Å². The van der Waals surface area contributed by atoms with E-state index in [1.165, 1.54) is 18.2 Å². The molecule has 0 saturated heterocycles. The van der Waals surface area contributed by atoms with Gasteiger partial charge in [-0.05, 0) is 30.5 Å². The Hall–Kier alpha value is -1.44. The van der Waals surface area contributed by atoms with Crippen LogP contribution < -0.4 is 4.72 Å². The number of benzene rings is 1. The topological polar surface area (TPSA) is 104 Å². The van der Waals surface area contributed by atoms with Crippen LogP contribution in [0.5, 0.6) is 0 Å². The summed E-state index contributed by atoms with van der Waals surface area (Å²) in [5.41, 5.74) is -0.249. The van der Waals surface area contributed by atoms with Gasteiger partial charge < -0.3 is 10.2 Å². The van der Waals surface area contributed by atoms with E-state index in [0.717, 1.165) is 0 Å². The lowest BCUT2D eigenvalue weighted by atomic mass is 10.1. The molecule has 104 valence electrons. The average molecular weight is 285 g/mol. The molecule has 1 aromatic carbocycles. The van der Waals surface area contributed by atoms with Crippen molar-refractivity contribution in [3.8, 4) is 0 Å². The van der Waals surface area contributed by atoms with Gasteiger partial charge in [0, 0.05) is 0 Å². The molecule has 0 bridgehead atoms. The third kappa shape index (κ3) is 3.52. The van der Waals surface area contributed by atoms with Crippen LogP contribution in [0.25, 0.3) is 0 Å².